The molecule has 0 saturated carbocycles. The number of aliphatic hydroxyl groups is 8. The van der Waals surface area contributed by atoms with Crippen LogP contribution < -0.4 is 27.0 Å². The first-order valence-electron chi connectivity index (χ1n) is 26.9. The minimum atomic E-state index is -2.22. The zero-order valence-corrected chi connectivity index (χ0v) is 45.5. The van der Waals surface area contributed by atoms with Gasteiger partial charge < -0.3 is 82.8 Å². The van der Waals surface area contributed by atoms with E-state index in [-0.39, 0.29) is 24.3 Å². The van der Waals surface area contributed by atoms with E-state index in [2.05, 4.69) is 42.0 Å². The number of amides is 7. The van der Waals surface area contributed by atoms with E-state index in [9.17, 15) is 84.3 Å². The van der Waals surface area contributed by atoms with Crippen molar-refractivity contribution < 1.29 is 84.3 Å². The van der Waals surface area contributed by atoms with E-state index in [4.69, 9.17) is 5.73 Å². The third-order valence-electron chi connectivity index (χ3n) is 14.8. The van der Waals surface area contributed by atoms with Gasteiger partial charge in [0.25, 0.3) is 0 Å². The molecular formula is C53H87N7O17. The highest BCUT2D eigenvalue weighted by Crippen LogP contribution is 2.28. The van der Waals surface area contributed by atoms with E-state index in [0.717, 1.165) is 62.2 Å². The predicted octanol–water partition coefficient (Wildman–Crippen LogP) is -1.37. The first-order chi connectivity index (χ1) is 36.1. The average Bonchev–Trinajstić information content (AvgIpc) is 3.91. The molecule has 2 saturated heterocycles. The van der Waals surface area contributed by atoms with E-state index >= 15 is 0 Å². The lowest BCUT2D eigenvalue weighted by Gasteiger charge is -2.33. The van der Waals surface area contributed by atoms with Crippen molar-refractivity contribution in [1.29, 1.82) is 0 Å². The Bertz CT molecular complexity index is 2120. The van der Waals surface area contributed by atoms with Crippen LogP contribution in [0.4, 0.5) is 0 Å². The number of carbonyl (C=O) groups is 8. The summed E-state index contributed by atoms with van der Waals surface area (Å²) in [5.41, 5.74) is 5.26. The largest absolute Gasteiger partial charge is 0.508 e. The highest BCUT2D eigenvalue weighted by molar-refractivity contribution is 5.96. The van der Waals surface area contributed by atoms with Crippen molar-refractivity contribution in [3.8, 4) is 5.75 Å². The Morgan fingerprint density at radius 1 is 0.714 bits per heavy atom. The van der Waals surface area contributed by atoms with Gasteiger partial charge in [0, 0.05) is 38.3 Å². The third kappa shape index (κ3) is 19.8. The molecule has 1 aromatic carbocycles. The fourth-order valence-corrected chi connectivity index (χ4v) is 9.87. The molecule has 2 heterocycles. The van der Waals surface area contributed by atoms with E-state index in [1.165, 1.54) is 44.5 Å². The van der Waals surface area contributed by atoms with Crippen molar-refractivity contribution in [3.05, 3.63) is 29.8 Å². The highest BCUT2D eigenvalue weighted by atomic mass is 16.3. The van der Waals surface area contributed by atoms with Crippen molar-refractivity contribution in [2.45, 2.75) is 211 Å². The van der Waals surface area contributed by atoms with Gasteiger partial charge in [-0.05, 0) is 56.2 Å². The fourth-order valence-electron chi connectivity index (χ4n) is 9.87. The minimum absolute atomic E-state index is 0.0809. The topological polar surface area (TPSA) is 399 Å². The number of Topliss-reactive ketones (excluding diaryl/α,β-unsaturated/α-hetero) is 1. The number of nitrogens with one attached hydrogen (secondary N) is 4. The Hall–Kier alpha value is -5.34. The number of rotatable bonds is 32. The predicted molar refractivity (Wildman–Crippen MR) is 278 cm³/mol. The lowest BCUT2D eigenvalue weighted by atomic mass is 9.91. The Balaban J connectivity index is 1.81. The zero-order chi connectivity index (χ0) is 58.0. The molecule has 0 aromatic heterocycles. The van der Waals surface area contributed by atoms with Crippen LogP contribution in [0, 0.1) is 23.7 Å². The van der Waals surface area contributed by atoms with Crippen molar-refractivity contribution in [1.82, 2.24) is 31.1 Å². The normalized spacial score (nSPS) is 23.2. The molecule has 0 unspecified atom stereocenters. The molecule has 0 aliphatic carbocycles. The first kappa shape index (κ1) is 65.9. The molecule has 24 nitrogen and oxygen atoms in total. The maximum absolute atomic E-state index is 14.3. The molecule has 7 amide bonds. The number of benzene rings is 1. The summed E-state index contributed by atoms with van der Waals surface area (Å²) < 4.78 is 0. The number of phenolic OH excluding ortho intramolecular Hbond substituents is 1. The number of unbranched alkanes of at least 4 members (excludes halogenated alkanes) is 5. The monoisotopic (exact) mass is 1090 g/mol. The molecule has 0 radical (unpaired) electrons. The molecule has 2 aliphatic heterocycles. The Labute approximate surface area is 450 Å². The molecule has 436 valence electrons. The maximum atomic E-state index is 14.3. The number of β-amino-alcohol motifs (C(OH)–C–C–N with tert-alkyl or cyclic N) is 1. The number of primary amides is 1. The van der Waals surface area contributed by atoms with Gasteiger partial charge in [-0.15, -0.1) is 0 Å². The summed E-state index contributed by atoms with van der Waals surface area (Å²) in [5.74, 6) is -8.45. The summed E-state index contributed by atoms with van der Waals surface area (Å²) in [7, 11) is 0. The molecule has 2 fully saturated rings. The zero-order valence-electron chi connectivity index (χ0n) is 45.5. The van der Waals surface area contributed by atoms with Crippen LogP contribution in [0.2, 0.25) is 0 Å². The number of carbonyl (C=O) groups excluding carboxylic acids is 8. The van der Waals surface area contributed by atoms with Gasteiger partial charge in [-0.2, -0.15) is 0 Å². The van der Waals surface area contributed by atoms with Gasteiger partial charge in [0.2, 0.25) is 41.4 Å². The molecule has 2 aliphatic rings. The Kier molecular flexibility index (Phi) is 26.8. The van der Waals surface area contributed by atoms with Crippen LogP contribution in [0.25, 0.3) is 0 Å². The minimum Gasteiger partial charge on any atom is -0.508 e. The number of nitrogens with two attached hydrogens (primary N) is 1. The quantitative estimate of drug-likeness (QED) is 0.0292. The number of ketones is 1. The second kappa shape index (κ2) is 31.3. The molecule has 17 atom stereocenters. The molecule has 0 bridgehead atoms. The first-order valence-corrected chi connectivity index (χ1v) is 26.9. The number of hydrogen-bond acceptors (Lipinski definition) is 17. The highest BCUT2D eigenvalue weighted by Gasteiger charge is 2.48. The molecule has 77 heavy (non-hydrogen) atoms. The molecule has 24 heteroatoms. The van der Waals surface area contributed by atoms with Crippen LogP contribution in [0.15, 0.2) is 24.3 Å². The fraction of sp³-hybridized carbons (Fsp3) is 0.736. The maximum Gasteiger partial charge on any atom is 0.248 e. The summed E-state index contributed by atoms with van der Waals surface area (Å²) >= 11 is 0. The number of phenols is 1. The SMILES string of the molecule is CC[C@H](C)C[C@H](C)CCCCCCCCC(=O)N[C@@H](C[C@@H](O)[C@@H](O)NC(=O)[C@@H]1[C@@H](O)[C@@H](C)CN1C(=O)[C@@H](C)[C@H](O)CC(N)=O)C(=O)N[C@H](C(=O)N1C[C@H](O)C[C@H]1C(=O)N[C@H](C(C)=O)[C@H](O)[C@@H](O)c1ccc(O)cc1)[C@@H](C)O. The summed E-state index contributed by atoms with van der Waals surface area (Å²) in [5, 5.41) is 106. The van der Waals surface area contributed by atoms with Gasteiger partial charge in [0.15, 0.2) is 12.0 Å². The second-order valence-electron chi connectivity index (χ2n) is 21.6. The standard InChI is InChI=1S/C53H87N7O17/c1-8-27(2)21-28(3)15-13-11-9-10-12-14-16-41(68)55-36(23-39(66)50(74)58-51(75)44-45(69)29(4)25-60(44)52(76)30(5)38(65)24-40(54)67)48(72)57-43(32(7)62)53(77)59-26-35(64)22-37(59)49(73)56-42(31(6)61)47(71)46(70)33-17-19-34(63)20-18-33/h17-20,27-30,32,35-39,42-47,50,62-66,69-71,74H,8-16,21-26H2,1-7H3,(H2,54,67)(H,55,68)(H,56,73)(H,57,72)(H,58,75)/t27-,28+,29-,30-,32+,35+,36-,37-,38+,39+,42+,43-,44-,45-,46-,47-,50+/m0/s1. The molecular weight excluding hydrogens is 1010 g/mol. The number of nitrogens with zero attached hydrogens (tertiary/aromatic N) is 2. The number of aliphatic hydroxyl groups excluding tert-OH is 8. The van der Waals surface area contributed by atoms with Gasteiger partial charge in [-0.25, -0.2) is 0 Å². The second-order valence-corrected chi connectivity index (χ2v) is 21.6. The number of likely N-dealkylation sites (tertiary alicyclic amines) is 2. The molecule has 1 aromatic rings. The van der Waals surface area contributed by atoms with Crippen molar-refractivity contribution in [2.24, 2.45) is 29.4 Å². The Morgan fingerprint density at radius 2 is 1.32 bits per heavy atom. The number of aromatic hydroxyl groups is 1. The van der Waals surface area contributed by atoms with E-state index in [1.807, 2.05) is 0 Å². The van der Waals surface area contributed by atoms with Gasteiger partial charge in [-0.3, -0.25) is 38.4 Å². The lowest BCUT2D eigenvalue weighted by Crippen LogP contribution is -2.61. The van der Waals surface area contributed by atoms with Crippen LogP contribution in [-0.2, 0) is 38.4 Å². The molecule has 3 rings (SSSR count). The van der Waals surface area contributed by atoms with Crippen molar-refractivity contribution in [2.75, 3.05) is 13.1 Å². The van der Waals surface area contributed by atoms with Gasteiger partial charge in [-0.1, -0.05) is 91.7 Å². The Morgan fingerprint density at radius 3 is 1.91 bits per heavy atom. The number of hydrogen-bond donors (Lipinski definition) is 14. The van der Waals surface area contributed by atoms with E-state index in [1.54, 1.807) is 0 Å². The van der Waals surface area contributed by atoms with Gasteiger partial charge in [0.1, 0.15) is 54.3 Å². The van der Waals surface area contributed by atoms with Gasteiger partial charge in [0.05, 0.1) is 36.8 Å². The molecule has 15 N–H and O–H groups in total. The van der Waals surface area contributed by atoms with E-state index < -0.39 is 164 Å². The molecule has 0 spiro atoms. The van der Waals surface area contributed by atoms with Crippen LogP contribution >= 0.6 is 0 Å². The van der Waals surface area contributed by atoms with Crippen molar-refractivity contribution in [3.63, 3.8) is 0 Å². The summed E-state index contributed by atoms with van der Waals surface area (Å²) in [4.78, 5) is 109. The smallest absolute Gasteiger partial charge is 0.248 e. The third-order valence-corrected chi connectivity index (χ3v) is 14.8. The average molecular weight is 1090 g/mol. The van der Waals surface area contributed by atoms with Crippen LogP contribution in [0.3, 0.4) is 0 Å². The summed E-state index contributed by atoms with van der Waals surface area (Å²) in [6.07, 6.45) is -7.47. The van der Waals surface area contributed by atoms with Crippen LogP contribution in [0.1, 0.15) is 144 Å². The summed E-state index contributed by atoms with van der Waals surface area (Å²) in [6.45, 7) is 11.0. The van der Waals surface area contributed by atoms with Gasteiger partial charge >= 0.3 is 0 Å². The summed E-state index contributed by atoms with van der Waals surface area (Å²) in [6, 6.07) is -3.60. The van der Waals surface area contributed by atoms with Crippen LogP contribution in [0.5, 0.6) is 5.75 Å². The lowest BCUT2D eigenvalue weighted by molar-refractivity contribution is -0.148. The van der Waals surface area contributed by atoms with Crippen molar-refractivity contribution >= 4 is 47.1 Å². The van der Waals surface area contributed by atoms with Crippen LogP contribution in [-0.4, -0.2) is 189 Å². The van der Waals surface area contributed by atoms with E-state index in [0.29, 0.717) is 24.7 Å².